The average Bonchev–Trinajstić information content (AvgIpc) is 2.90. The molecule has 0 atom stereocenters. The molecule has 0 aliphatic heterocycles. The van der Waals surface area contributed by atoms with Crippen molar-refractivity contribution >= 4 is 11.5 Å². The van der Waals surface area contributed by atoms with E-state index in [2.05, 4.69) is 20.1 Å². The first-order valence-electron chi connectivity index (χ1n) is 7.69. The Labute approximate surface area is 123 Å². The summed E-state index contributed by atoms with van der Waals surface area (Å²) < 4.78 is 1.42. The van der Waals surface area contributed by atoms with E-state index in [4.69, 9.17) is 5.73 Å². The number of anilines is 1. The summed E-state index contributed by atoms with van der Waals surface area (Å²) in [5.74, 6) is 0.891. The van der Waals surface area contributed by atoms with Crippen molar-refractivity contribution in [2.45, 2.75) is 44.6 Å². The van der Waals surface area contributed by atoms with E-state index in [-0.39, 0.29) is 5.69 Å². The minimum atomic E-state index is -0.254. The van der Waals surface area contributed by atoms with Gasteiger partial charge in [0.15, 0.2) is 5.65 Å². The molecular weight excluding hydrogens is 268 g/mol. The monoisotopic (exact) mass is 290 g/mol. The Kier molecular flexibility index (Phi) is 4.19. The summed E-state index contributed by atoms with van der Waals surface area (Å²) in [5, 5.41) is 6.47. The maximum Gasteiger partial charge on any atom is 0.348 e. The molecule has 1 aliphatic rings. The first-order valence-corrected chi connectivity index (χ1v) is 7.69. The predicted octanol–water partition coefficient (Wildman–Crippen LogP) is 0.905. The Morgan fingerprint density at radius 2 is 2.19 bits per heavy atom. The van der Waals surface area contributed by atoms with Gasteiger partial charge in [-0.25, -0.2) is 19.3 Å². The van der Waals surface area contributed by atoms with Crippen LogP contribution in [0.2, 0.25) is 0 Å². The molecule has 0 aromatic carbocycles. The summed E-state index contributed by atoms with van der Waals surface area (Å²) in [6.07, 6.45) is 8.76. The van der Waals surface area contributed by atoms with E-state index in [1.807, 2.05) is 6.07 Å². The fraction of sp³-hybridized carbons (Fsp3) is 0.643. The molecule has 0 unspecified atom stereocenters. The highest BCUT2D eigenvalue weighted by Crippen LogP contribution is 2.26. The fourth-order valence-corrected chi connectivity index (χ4v) is 3.10. The number of fused-ring (bicyclic) bond motifs is 1. The van der Waals surface area contributed by atoms with Crippen LogP contribution in [-0.4, -0.2) is 38.7 Å². The van der Waals surface area contributed by atoms with Gasteiger partial charge in [0.05, 0.1) is 0 Å². The van der Waals surface area contributed by atoms with Crippen LogP contribution in [0.1, 0.15) is 38.5 Å². The van der Waals surface area contributed by atoms with Gasteiger partial charge in [-0.3, -0.25) is 0 Å². The largest absolute Gasteiger partial charge is 0.353 e. The molecule has 0 bridgehead atoms. The van der Waals surface area contributed by atoms with Gasteiger partial charge in [-0.1, -0.05) is 19.3 Å². The second kappa shape index (κ2) is 6.26. The molecule has 3 rings (SSSR count). The number of rotatable bonds is 5. The average molecular weight is 290 g/mol. The number of nitrogens with zero attached hydrogens (tertiary/aromatic N) is 4. The third-order valence-corrected chi connectivity index (χ3v) is 4.21. The van der Waals surface area contributed by atoms with Crippen LogP contribution in [0.4, 0.5) is 5.82 Å². The molecule has 2 heterocycles. The lowest BCUT2D eigenvalue weighted by molar-refractivity contribution is 0.411. The summed E-state index contributed by atoms with van der Waals surface area (Å²) >= 11 is 0. The molecule has 0 amide bonds. The summed E-state index contributed by atoms with van der Waals surface area (Å²) in [7, 11) is 0. The number of aromatic amines is 1. The topological polar surface area (TPSA) is 92.3 Å². The molecule has 0 radical (unpaired) electrons. The number of nitrogens with one attached hydrogen (secondary N) is 1. The van der Waals surface area contributed by atoms with Crippen molar-refractivity contribution in [3.8, 4) is 0 Å². The van der Waals surface area contributed by atoms with E-state index in [0.717, 1.165) is 18.8 Å². The lowest BCUT2D eigenvalue weighted by atomic mass is 9.94. The van der Waals surface area contributed by atoms with Crippen LogP contribution in [-0.2, 0) is 0 Å². The van der Waals surface area contributed by atoms with Crippen LogP contribution in [0.15, 0.2) is 17.2 Å². The van der Waals surface area contributed by atoms with Crippen LogP contribution in [0.25, 0.3) is 5.65 Å². The number of aromatic nitrogens is 4. The molecule has 3 N–H and O–H groups in total. The van der Waals surface area contributed by atoms with Crippen LogP contribution in [0.3, 0.4) is 0 Å². The number of hydrogen-bond acceptors (Lipinski definition) is 5. The van der Waals surface area contributed by atoms with E-state index in [0.29, 0.717) is 18.2 Å². The number of hydrogen-bond donors (Lipinski definition) is 2. The minimum Gasteiger partial charge on any atom is -0.353 e. The standard InChI is InChI=1S/C14H22N6O/c15-7-4-8-19(11-5-2-1-3-6-11)12-9-13-17-18-14(21)20(13)10-16-12/h9-11H,1-8,15H2,(H,18,21). The van der Waals surface area contributed by atoms with Gasteiger partial charge >= 0.3 is 5.69 Å². The van der Waals surface area contributed by atoms with E-state index in [1.165, 1.54) is 36.5 Å². The summed E-state index contributed by atoms with van der Waals surface area (Å²) in [6.45, 7) is 1.58. The van der Waals surface area contributed by atoms with Gasteiger partial charge in [0.1, 0.15) is 12.1 Å². The second-order valence-corrected chi connectivity index (χ2v) is 5.63. The third-order valence-electron chi connectivity index (χ3n) is 4.21. The molecule has 21 heavy (non-hydrogen) atoms. The molecule has 0 spiro atoms. The first kappa shape index (κ1) is 14.1. The Morgan fingerprint density at radius 3 is 2.95 bits per heavy atom. The maximum atomic E-state index is 11.5. The molecule has 114 valence electrons. The van der Waals surface area contributed by atoms with Gasteiger partial charge in [-0.05, 0) is 25.8 Å². The molecule has 7 heteroatoms. The zero-order valence-corrected chi connectivity index (χ0v) is 12.2. The second-order valence-electron chi connectivity index (χ2n) is 5.63. The molecule has 0 saturated heterocycles. The predicted molar refractivity (Wildman–Crippen MR) is 81.5 cm³/mol. The van der Waals surface area contributed by atoms with Gasteiger partial charge in [0.2, 0.25) is 0 Å². The highest BCUT2D eigenvalue weighted by Gasteiger charge is 2.22. The van der Waals surface area contributed by atoms with Crippen molar-refractivity contribution in [2.24, 2.45) is 5.73 Å². The fourth-order valence-electron chi connectivity index (χ4n) is 3.10. The highest BCUT2D eigenvalue weighted by atomic mass is 16.1. The van der Waals surface area contributed by atoms with Gasteiger partial charge in [-0.15, -0.1) is 0 Å². The van der Waals surface area contributed by atoms with Gasteiger partial charge in [0.25, 0.3) is 0 Å². The van der Waals surface area contributed by atoms with E-state index in [9.17, 15) is 4.79 Å². The molecule has 2 aromatic heterocycles. The Bertz CT molecular complexity index is 642. The van der Waals surface area contributed by atoms with Crippen molar-refractivity contribution in [1.29, 1.82) is 0 Å². The van der Waals surface area contributed by atoms with Crippen molar-refractivity contribution < 1.29 is 0 Å². The van der Waals surface area contributed by atoms with Crippen molar-refractivity contribution in [3.63, 3.8) is 0 Å². The normalized spacial score (nSPS) is 16.4. The molecule has 1 aliphatic carbocycles. The minimum absolute atomic E-state index is 0.254. The Morgan fingerprint density at radius 1 is 1.38 bits per heavy atom. The summed E-state index contributed by atoms with van der Waals surface area (Å²) in [5.41, 5.74) is 6.02. The lowest BCUT2D eigenvalue weighted by Gasteiger charge is -2.35. The van der Waals surface area contributed by atoms with Crippen LogP contribution < -0.4 is 16.3 Å². The highest BCUT2D eigenvalue weighted by molar-refractivity contribution is 5.50. The molecule has 1 fully saturated rings. The van der Waals surface area contributed by atoms with Gasteiger partial charge in [-0.2, -0.15) is 5.10 Å². The Balaban J connectivity index is 1.90. The smallest absolute Gasteiger partial charge is 0.348 e. The zero-order chi connectivity index (χ0) is 14.7. The zero-order valence-electron chi connectivity index (χ0n) is 12.2. The first-order chi connectivity index (χ1) is 10.3. The van der Waals surface area contributed by atoms with Crippen LogP contribution in [0.5, 0.6) is 0 Å². The lowest BCUT2D eigenvalue weighted by Crippen LogP contribution is -2.39. The van der Waals surface area contributed by atoms with Crippen molar-refractivity contribution in [2.75, 3.05) is 18.0 Å². The Hall–Kier alpha value is -1.89. The SMILES string of the molecule is NCCCN(c1cc2n[nH]c(=O)n2cn1)C1CCCCC1. The third kappa shape index (κ3) is 2.92. The van der Waals surface area contributed by atoms with Crippen molar-refractivity contribution in [1.82, 2.24) is 19.6 Å². The number of H-pyrrole nitrogens is 1. The molecular formula is C14H22N6O. The summed E-state index contributed by atoms with van der Waals surface area (Å²) in [6, 6.07) is 2.40. The van der Waals surface area contributed by atoms with Crippen LogP contribution >= 0.6 is 0 Å². The van der Waals surface area contributed by atoms with Gasteiger partial charge in [0, 0.05) is 18.7 Å². The van der Waals surface area contributed by atoms with Crippen LogP contribution in [0, 0.1) is 0 Å². The quantitative estimate of drug-likeness (QED) is 0.853. The van der Waals surface area contributed by atoms with Gasteiger partial charge < -0.3 is 10.6 Å². The molecule has 1 saturated carbocycles. The maximum absolute atomic E-state index is 11.5. The number of nitrogens with two attached hydrogens (primary N) is 1. The summed E-state index contributed by atoms with van der Waals surface area (Å²) in [4.78, 5) is 18.3. The van der Waals surface area contributed by atoms with E-state index in [1.54, 1.807) is 6.33 Å². The van der Waals surface area contributed by atoms with Crippen molar-refractivity contribution in [3.05, 3.63) is 22.9 Å². The van der Waals surface area contributed by atoms with E-state index >= 15 is 0 Å². The molecule has 7 nitrogen and oxygen atoms in total. The molecule has 2 aromatic rings. The van der Waals surface area contributed by atoms with E-state index < -0.39 is 0 Å².